The van der Waals surface area contributed by atoms with Crippen LogP contribution in [0, 0.1) is 11.8 Å². The molecule has 1 rings (SSSR count). The molecule has 1 aromatic heterocycles. The van der Waals surface area contributed by atoms with E-state index in [9.17, 15) is 19.2 Å². The Bertz CT molecular complexity index is 959. The van der Waals surface area contributed by atoms with E-state index in [1.54, 1.807) is 29.7 Å². The Morgan fingerprint density at radius 2 is 1.16 bits per heavy atom. The average molecular weight is 727 g/mol. The Morgan fingerprint density at radius 1 is 0.673 bits per heavy atom. The number of unbranched alkanes of at least 4 members (excludes halogenated alkanes) is 6. The second-order valence-corrected chi connectivity index (χ2v) is 14.6. The van der Waals surface area contributed by atoms with Crippen molar-refractivity contribution >= 4 is 47.4 Å². The first-order chi connectivity index (χ1) is 23.8. The number of carbonyl (C=O) groups excluding carboxylic acids is 4. The van der Waals surface area contributed by atoms with Crippen molar-refractivity contribution in [3.05, 3.63) is 30.1 Å². The minimum atomic E-state index is -0.400. The van der Waals surface area contributed by atoms with Gasteiger partial charge in [-0.05, 0) is 36.5 Å². The third-order valence-electron chi connectivity index (χ3n) is 7.68. The van der Waals surface area contributed by atoms with Crippen molar-refractivity contribution in [2.24, 2.45) is 11.8 Å². The van der Waals surface area contributed by atoms with Crippen LogP contribution in [0.5, 0.6) is 0 Å². The summed E-state index contributed by atoms with van der Waals surface area (Å²) < 4.78 is 21.2. The lowest BCUT2D eigenvalue weighted by Crippen LogP contribution is -2.32. The molecule has 49 heavy (non-hydrogen) atoms. The van der Waals surface area contributed by atoms with Gasteiger partial charge in [0.25, 0.3) is 0 Å². The van der Waals surface area contributed by atoms with Crippen LogP contribution < -0.4 is 0 Å². The van der Waals surface area contributed by atoms with Crippen molar-refractivity contribution in [1.82, 2.24) is 9.88 Å². The van der Waals surface area contributed by atoms with E-state index in [0.717, 1.165) is 41.5 Å². The Kier molecular flexibility index (Phi) is 27.8. The molecule has 0 amide bonds. The van der Waals surface area contributed by atoms with Crippen LogP contribution in [-0.2, 0) is 44.5 Å². The molecule has 0 fully saturated rings. The molecule has 0 aliphatic rings. The molecule has 0 bridgehead atoms. The largest absolute Gasteiger partial charge is 0.462 e. The first kappa shape index (κ1) is 44.7. The molecule has 1 heterocycles. The normalized spacial score (nSPS) is 12.3. The lowest BCUT2D eigenvalue weighted by atomic mass is 10.2. The Morgan fingerprint density at radius 3 is 1.61 bits per heavy atom. The number of rotatable bonds is 31. The van der Waals surface area contributed by atoms with Gasteiger partial charge in [-0.2, -0.15) is 23.5 Å². The number of ether oxygens (including phenoxy) is 4. The van der Waals surface area contributed by atoms with Crippen molar-refractivity contribution in [3.8, 4) is 0 Å². The highest BCUT2D eigenvalue weighted by atomic mass is 32.2. The van der Waals surface area contributed by atoms with E-state index in [1.807, 2.05) is 36.9 Å². The summed E-state index contributed by atoms with van der Waals surface area (Å²) in [7, 11) is 0. The summed E-state index contributed by atoms with van der Waals surface area (Å²) in [5.74, 6) is 1.77. The Labute approximate surface area is 303 Å². The molecule has 0 radical (unpaired) electrons. The summed E-state index contributed by atoms with van der Waals surface area (Å²) in [6, 6.07) is 5.71. The molecule has 0 saturated heterocycles. The maximum atomic E-state index is 12.4. The number of pyridine rings is 1. The molecular weight excluding hydrogens is 665 g/mol. The van der Waals surface area contributed by atoms with Crippen LogP contribution in [0.15, 0.2) is 24.4 Å². The lowest BCUT2D eigenvalue weighted by Gasteiger charge is -2.21. The third kappa shape index (κ3) is 25.3. The highest BCUT2D eigenvalue weighted by Crippen LogP contribution is 2.14. The molecule has 2 unspecified atom stereocenters. The quantitative estimate of drug-likeness (QED) is 0.0456. The zero-order valence-corrected chi connectivity index (χ0v) is 32.1. The van der Waals surface area contributed by atoms with Gasteiger partial charge < -0.3 is 23.8 Å². The predicted molar refractivity (Wildman–Crippen MR) is 199 cm³/mol. The van der Waals surface area contributed by atoms with Gasteiger partial charge in [0, 0.05) is 49.5 Å². The van der Waals surface area contributed by atoms with Crippen molar-refractivity contribution in [2.45, 2.75) is 98.3 Å². The number of carbonyl (C=O) groups is 4. The van der Waals surface area contributed by atoms with Gasteiger partial charge in [-0.3, -0.25) is 24.2 Å². The van der Waals surface area contributed by atoms with Gasteiger partial charge in [0.1, 0.15) is 26.4 Å². The van der Waals surface area contributed by atoms with Gasteiger partial charge in [0.15, 0.2) is 0 Å². The summed E-state index contributed by atoms with van der Waals surface area (Å²) in [6.45, 7) is 9.51. The van der Waals surface area contributed by atoms with Gasteiger partial charge in [0.2, 0.25) is 0 Å². The summed E-state index contributed by atoms with van der Waals surface area (Å²) >= 11 is 3.54. The van der Waals surface area contributed by atoms with E-state index < -0.39 is 11.9 Å². The second kappa shape index (κ2) is 30.5. The summed E-state index contributed by atoms with van der Waals surface area (Å²) in [4.78, 5) is 55.7. The van der Waals surface area contributed by atoms with Crippen LogP contribution >= 0.6 is 23.5 Å². The number of aromatic nitrogens is 1. The number of nitrogens with zero attached hydrogens (tertiary/aromatic N) is 2. The molecule has 280 valence electrons. The Balaban J connectivity index is 2.33. The lowest BCUT2D eigenvalue weighted by molar-refractivity contribution is -0.154. The fourth-order valence-electron chi connectivity index (χ4n) is 4.60. The van der Waals surface area contributed by atoms with Crippen molar-refractivity contribution in [1.29, 1.82) is 0 Å². The zero-order valence-electron chi connectivity index (χ0n) is 30.5. The summed E-state index contributed by atoms with van der Waals surface area (Å²) in [6.07, 6.45) is 12.3. The maximum absolute atomic E-state index is 12.4. The smallest absolute Gasteiger partial charge is 0.309 e. The number of thioether (sulfide) groups is 2. The second-order valence-electron chi connectivity index (χ2n) is 12.3. The minimum Gasteiger partial charge on any atom is -0.462 e. The van der Waals surface area contributed by atoms with Crippen molar-refractivity contribution in [2.75, 3.05) is 69.1 Å². The standard InChI is InChI=1S/C37H62N2O8S2/c1-5-7-9-13-27-48-29-31(3)36(42)46-25-23-44-34(40)17-21-39(20-16-33-15-11-12-19-38-33)22-18-35(41)45-24-26-47-37(43)32(4)30-49-28-14-10-8-6-2/h11-12,15,19,31-32H,5-10,13-14,16-18,20-30H2,1-4H3. The first-order valence-corrected chi connectivity index (χ1v) is 20.5. The average Bonchev–Trinajstić information content (AvgIpc) is 3.11. The third-order valence-corrected chi connectivity index (χ3v) is 10.3. The topological polar surface area (TPSA) is 121 Å². The molecule has 0 aromatic carbocycles. The van der Waals surface area contributed by atoms with Crippen LogP contribution in [0.25, 0.3) is 0 Å². The van der Waals surface area contributed by atoms with E-state index in [2.05, 4.69) is 18.8 Å². The minimum absolute atomic E-state index is 0.00293. The highest BCUT2D eigenvalue weighted by Gasteiger charge is 2.17. The predicted octanol–water partition coefficient (Wildman–Crippen LogP) is 6.78. The van der Waals surface area contributed by atoms with E-state index in [0.29, 0.717) is 26.1 Å². The van der Waals surface area contributed by atoms with Crippen LogP contribution in [0.4, 0.5) is 0 Å². The molecule has 10 nitrogen and oxygen atoms in total. The van der Waals surface area contributed by atoms with E-state index in [1.165, 1.54) is 38.5 Å². The molecule has 0 N–H and O–H groups in total. The maximum Gasteiger partial charge on any atom is 0.309 e. The first-order valence-electron chi connectivity index (χ1n) is 18.2. The van der Waals surface area contributed by atoms with Crippen LogP contribution in [0.2, 0.25) is 0 Å². The molecule has 1 aromatic rings. The fraction of sp³-hybridized carbons (Fsp3) is 0.757. The van der Waals surface area contributed by atoms with Gasteiger partial charge in [-0.25, -0.2) is 0 Å². The molecule has 2 atom stereocenters. The molecule has 0 aliphatic carbocycles. The number of esters is 4. The summed E-state index contributed by atoms with van der Waals surface area (Å²) in [5, 5.41) is 0. The van der Waals surface area contributed by atoms with Crippen LogP contribution in [0.3, 0.4) is 0 Å². The Hall–Kier alpha value is -2.31. The van der Waals surface area contributed by atoms with E-state index in [4.69, 9.17) is 18.9 Å². The fourth-order valence-corrected chi connectivity index (χ4v) is 6.72. The monoisotopic (exact) mass is 726 g/mol. The molecule has 0 spiro atoms. The summed E-state index contributed by atoms with van der Waals surface area (Å²) in [5.41, 5.74) is 0.912. The number of hydrogen-bond acceptors (Lipinski definition) is 12. The van der Waals surface area contributed by atoms with Crippen LogP contribution in [0.1, 0.15) is 97.6 Å². The van der Waals surface area contributed by atoms with Crippen molar-refractivity contribution < 1.29 is 38.1 Å². The van der Waals surface area contributed by atoms with Gasteiger partial charge in [-0.15, -0.1) is 0 Å². The molecular formula is C37H62N2O8S2. The van der Waals surface area contributed by atoms with Crippen molar-refractivity contribution in [3.63, 3.8) is 0 Å². The SMILES string of the molecule is CCCCCCSCC(C)C(=O)OCCOC(=O)CCN(CCC(=O)OCCOC(=O)C(C)CSCCCCCC)CCc1ccccn1. The highest BCUT2D eigenvalue weighted by molar-refractivity contribution is 7.99. The molecule has 12 heteroatoms. The van der Waals surface area contributed by atoms with Gasteiger partial charge in [0.05, 0.1) is 24.7 Å². The molecule has 0 saturated carbocycles. The van der Waals surface area contributed by atoms with Gasteiger partial charge >= 0.3 is 23.9 Å². The molecule has 0 aliphatic heterocycles. The number of hydrogen-bond donors (Lipinski definition) is 0. The van der Waals surface area contributed by atoms with E-state index >= 15 is 0 Å². The van der Waals surface area contributed by atoms with Crippen LogP contribution in [-0.4, -0.2) is 103 Å². The van der Waals surface area contributed by atoms with Gasteiger partial charge in [-0.1, -0.05) is 72.3 Å². The zero-order chi connectivity index (χ0) is 36.0. The van der Waals surface area contributed by atoms with E-state index in [-0.39, 0.29) is 63.0 Å².